The summed E-state index contributed by atoms with van der Waals surface area (Å²) in [7, 11) is -1.95. The summed E-state index contributed by atoms with van der Waals surface area (Å²) in [4.78, 5) is 14.9. The Bertz CT molecular complexity index is 707. The third-order valence-corrected chi connectivity index (χ3v) is 10.7. The molecule has 5 nitrogen and oxygen atoms in total. The number of nitriles is 1. The molecule has 1 aliphatic rings. The highest BCUT2D eigenvalue weighted by atomic mass is 28.4. The van der Waals surface area contributed by atoms with Gasteiger partial charge in [-0.1, -0.05) is 65.0 Å². The zero-order chi connectivity index (χ0) is 21.1. The van der Waals surface area contributed by atoms with Crippen LogP contribution in [0.15, 0.2) is 30.3 Å². The summed E-state index contributed by atoms with van der Waals surface area (Å²) in [6.07, 6.45) is 0. The summed E-state index contributed by atoms with van der Waals surface area (Å²) in [6, 6.07) is 11.2. The van der Waals surface area contributed by atoms with Crippen LogP contribution in [0, 0.1) is 17.2 Å². The number of hydrogen-bond acceptors (Lipinski definition) is 4. The van der Waals surface area contributed by atoms with E-state index in [-0.39, 0.29) is 28.9 Å². The number of nitrogens with zero attached hydrogens (tertiary/aromatic N) is 2. The second kappa shape index (κ2) is 8.77. The Balaban J connectivity index is 2.33. The van der Waals surface area contributed by atoms with E-state index < -0.39 is 14.4 Å². The van der Waals surface area contributed by atoms with E-state index in [0.717, 1.165) is 5.56 Å². The normalized spacial score (nSPS) is 23.8. The van der Waals surface area contributed by atoms with Crippen molar-refractivity contribution >= 4 is 14.2 Å². The van der Waals surface area contributed by atoms with E-state index in [4.69, 9.17) is 4.43 Å². The molecule has 0 spiro atoms. The minimum atomic E-state index is -1.95. The zero-order valence-electron chi connectivity index (χ0n) is 18.3. The van der Waals surface area contributed by atoms with Crippen LogP contribution in [-0.2, 0) is 15.8 Å². The molecule has 1 saturated heterocycles. The minimum Gasteiger partial charge on any atom is -0.415 e. The highest BCUT2D eigenvalue weighted by molar-refractivity contribution is 6.74. The van der Waals surface area contributed by atoms with Gasteiger partial charge in [-0.25, -0.2) is 0 Å². The summed E-state index contributed by atoms with van der Waals surface area (Å²) in [5, 5.41) is 12.9. The number of hydrogen-bond donors (Lipinski definition) is 1. The van der Waals surface area contributed by atoms with Crippen LogP contribution in [0.2, 0.25) is 18.1 Å². The Morgan fingerprint density at radius 2 is 1.86 bits per heavy atom. The summed E-state index contributed by atoms with van der Waals surface area (Å²) in [6.45, 7) is 16.4. The summed E-state index contributed by atoms with van der Waals surface area (Å²) in [5.74, 6) is 0.113. The summed E-state index contributed by atoms with van der Waals surface area (Å²) in [5.41, 5.74) is 1.06. The molecule has 154 valence electrons. The van der Waals surface area contributed by atoms with E-state index in [1.54, 1.807) is 0 Å². The number of benzene rings is 1. The molecule has 0 aromatic heterocycles. The molecule has 6 heteroatoms. The van der Waals surface area contributed by atoms with Crippen molar-refractivity contribution in [3.8, 4) is 6.07 Å². The number of nitrogens with one attached hydrogen (secondary N) is 1. The first kappa shape index (κ1) is 22.6. The molecule has 1 heterocycles. The van der Waals surface area contributed by atoms with Crippen molar-refractivity contribution in [3.63, 3.8) is 0 Å². The number of rotatable bonds is 6. The largest absolute Gasteiger partial charge is 0.415 e. The van der Waals surface area contributed by atoms with Crippen molar-refractivity contribution in [3.05, 3.63) is 35.9 Å². The number of amides is 1. The third kappa shape index (κ3) is 5.02. The van der Waals surface area contributed by atoms with Gasteiger partial charge < -0.3 is 9.33 Å². The molecule has 0 bridgehead atoms. The average Bonchev–Trinajstić information content (AvgIpc) is 2.61. The molecule has 0 unspecified atom stereocenters. The monoisotopic (exact) mass is 401 g/mol. The fourth-order valence-electron chi connectivity index (χ4n) is 3.31. The summed E-state index contributed by atoms with van der Waals surface area (Å²) < 4.78 is 6.52. The molecule has 1 aliphatic heterocycles. The Morgan fingerprint density at radius 1 is 1.25 bits per heavy atom. The Kier molecular flexibility index (Phi) is 7.08. The predicted molar refractivity (Wildman–Crippen MR) is 115 cm³/mol. The van der Waals surface area contributed by atoms with Gasteiger partial charge in [-0.3, -0.25) is 10.1 Å². The van der Waals surface area contributed by atoms with E-state index in [1.165, 1.54) is 0 Å². The lowest BCUT2D eigenvalue weighted by Gasteiger charge is -2.47. The molecule has 1 amide bonds. The van der Waals surface area contributed by atoms with Crippen LogP contribution in [0.5, 0.6) is 0 Å². The number of carbonyl (C=O) groups excluding carboxylic acids is 1. The maximum Gasteiger partial charge on any atom is 0.255 e. The molecule has 1 aromatic rings. The quantitative estimate of drug-likeness (QED) is 0.734. The molecular formula is C22H35N3O2Si. The molecule has 1 fully saturated rings. The van der Waals surface area contributed by atoms with Crippen molar-refractivity contribution < 1.29 is 9.22 Å². The first-order valence-electron chi connectivity index (χ1n) is 10.1. The lowest BCUT2D eigenvalue weighted by Crippen LogP contribution is -2.67. The lowest BCUT2D eigenvalue weighted by atomic mass is 9.91. The van der Waals surface area contributed by atoms with Crippen molar-refractivity contribution in [2.24, 2.45) is 5.92 Å². The topological polar surface area (TPSA) is 65.4 Å². The van der Waals surface area contributed by atoms with Gasteiger partial charge in [0.05, 0.1) is 18.7 Å². The SMILES string of the molecule is CC(C)[C@H]1N[C@@H](C#N)C(=O)N(Cc2ccccc2)[C@@H]1CO[Si](C)(C)C(C)(C)C. The van der Waals surface area contributed by atoms with Gasteiger partial charge in [0.15, 0.2) is 14.4 Å². The van der Waals surface area contributed by atoms with Crippen molar-refractivity contribution in [1.82, 2.24) is 10.2 Å². The maximum atomic E-state index is 13.1. The fourth-order valence-corrected chi connectivity index (χ4v) is 4.33. The molecule has 1 N–H and O–H groups in total. The highest BCUT2D eigenvalue weighted by Gasteiger charge is 2.45. The first-order valence-corrected chi connectivity index (χ1v) is 13.0. The molecule has 28 heavy (non-hydrogen) atoms. The van der Waals surface area contributed by atoms with E-state index in [1.807, 2.05) is 35.2 Å². The second-order valence-corrected chi connectivity index (χ2v) is 14.4. The zero-order valence-corrected chi connectivity index (χ0v) is 19.3. The molecule has 0 radical (unpaired) electrons. The van der Waals surface area contributed by atoms with Gasteiger partial charge in [0.2, 0.25) is 0 Å². The van der Waals surface area contributed by atoms with E-state index in [2.05, 4.69) is 59.1 Å². The first-order chi connectivity index (χ1) is 13.0. The summed E-state index contributed by atoms with van der Waals surface area (Å²) >= 11 is 0. The van der Waals surface area contributed by atoms with Crippen molar-refractivity contribution in [2.45, 2.75) is 77.4 Å². The van der Waals surface area contributed by atoms with Crippen LogP contribution in [0.1, 0.15) is 40.2 Å². The Hall–Kier alpha value is -1.68. The molecule has 2 rings (SSSR count). The molecule has 1 aromatic carbocycles. The molecule has 3 atom stereocenters. The smallest absolute Gasteiger partial charge is 0.255 e. The van der Waals surface area contributed by atoms with Crippen molar-refractivity contribution in [1.29, 1.82) is 5.26 Å². The van der Waals surface area contributed by atoms with Gasteiger partial charge in [0.1, 0.15) is 0 Å². The van der Waals surface area contributed by atoms with Crippen LogP contribution in [-0.4, -0.2) is 43.9 Å². The van der Waals surface area contributed by atoms with Crippen LogP contribution < -0.4 is 5.32 Å². The van der Waals surface area contributed by atoms with E-state index >= 15 is 0 Å². The standard InChI is InChI=1S/C22H35N3O2Si/c1-16(2)20-19(15-27-28(6,7)22(3,4)5)25(21(26)18(13-23)24-20)14-17-11-9-8-10-12-17/h8-12,16,18-20,24H,14-15H2,1-7H3/t18-,19+,20+/m0/s1. The van der Waals surface area contributed by atoms with Crippen molar-refractivity contribution in [2.75, 3.05) is 6.61 Å². The van der Waals surface area contributed by atoms with Crippen LogP contribution >= 0.6 is 0 Å². The highest BCUT2D eigenvalue weighted by Crippen LogP contribution is 2.37. The number of piperazine rings is 1. The fraction of sp³-hybridized carbons (Fsp3) is 0.636. The second-order valence-electron chi connectivity index (χ2n) is 9.59. The predicted octanol–water partition coefficient (Wildman–Crippen LogP) is 3.93. The minimum absolute atomic E-state index is 0.0100. The Labute approximate surface area is 171 Å². The van der Waals surface area contributed by atoms with Gasteiger partial charge in [-0.15, -0.1) is 0 Å². The number of carbonyl (C=O) groups is 1. The van der Waals surface area contributed by atoms with Crippen LogP contribution in [0.4, 0.5) is 0 Å². The van der Waals surface area contributed by atoms with Gasteiger partial charge in [0.25, 0.3) is 5.91 Å². The van der Waals surface area contributed by atoms with Gasteiger partial charge in [0, 0.05) is 12.6 Å². The lowest BCUT2D eigenvalue weighted by molar-refractivity contribution is -0.141. The van der Waals surface area contributed by atoms with Crippen LogP contribution in [0.3, 0.4) is 0 Å². The van der Waals surface area contributed by atoms with E-state index in [0.29, 0.717) is 13.2 Å². The van der Waals surface area contributed by atoms with Crippen LogP contribution in [0.25, 0.3) is 0 Å². The van der Waals surface area contributed by atoms with Gasteiger partial charge >= 0.3 is 0 Å². The van der Waals surface area contributed by atoms with E-state index in [9.17, 15) is 10.1 Å². The molecule has 0 aliphatic carbocycles. The van der Waals surface area contributed by atoms with Gasteiger partial charge in [-0.05, 0) is 29.6 Å². The molecular weight excluding hydrogens is 366 g/mol. The van der Waals surface area contributed by atoms with Gasteiger partial charge in [-0.2, -0.15) is 5.26 Å². The third-order valence-electron chi connectivity index (χ3n) is 6.17. The maximum absolute atomic E-state index is 13.1. The average molecular weight is 402 g/mol. The molecule has 0 saturated carbocycles. The Morgan fingerprint density at radius 3 is 2.36 bits per heavy atom.